The van der Waals surface area contributed by atoms with E-state index in [2.05, 4.69) is 10.8 Å². The molecular weight excluding hydrogens is 104 g/mol. The molecule has 0 radical (unpaired) electrons. The Kier molecular flexibility index (Phi) is 3.06. The fourth-order valence-corrected chi connectivity index (χ4v) is 0.0526. The lowest BCUT2D eigenvalue weighted by molar-refractivity contribution is -0.191. The van der Waals surface area contributed by atoms with Crippen LogP contribution in [0.5, 0.6) is 0 Å². The van der Waals surface area contributed by atoms with E-state index >= 15 is 0 Å². The summed E-state index contributed by atoms with van der Waals surface area (Å²) in [7, 11) is 0. The van der Waals surface area contributed by atoms with E-state index in [4.69, 9.17) is 4.91 Å². The standard InChI is InChI=1S/H3N4O3/c1-4(2-5)7-3-6/h2H,1H2/q-1. The van der Waals surface area contributed by atoms with Gasteiger partial charge in [-0.3, -0.25) is 5.59 Å². The van der Waals surface area contributed by atoms with E-state index in [1.807, 2.05) is 0 Å². The van der Waals surface area contributed by atoms with Crippen LogP contribution in [0.3, 0.4) is 0 Å². The Labute approximate surface area is 38.4 Å². The van der Waals surface area contributed by atoms with Crippen LogP contribution in [0.4, 0.5) is 0 Å². The zero-order chi connectivity index (χ0) is 5.70. The first-order valence-corrected chi connectivity index (χ1v) is 1.23. The third-order valence-corrected chi connectivity index (χ3v) is 0.211. The summed E-state index contributed by atoms with van der Waals surface area (Å²) >= 11 is 0. The Morgan fingerprint density at radius 2 is 2.57 bits per heavy atom. The maximum atomic E-state index is 9.25. The Morgan fingerprint density at radius 1 is 2.00 bits per heavy atom. The average Bonchev–Trinajstić information content (AvgIpc) is 1.68. The van der Waals surface area contributed by atoms with Crippen LogP contribution < -0.4 is 11.4 Å². The van der Waals surface area contributed by atoms with Crippen LogP contribution in [-0.4, -0.2) is 5.28 Å². The zero-order valence-corrected chi connectivity index (χ0v) is 3.20. The van der Waals surface area contributed by atoms with Crippen molar-refractivity contribution in [1.82, 2.24) is 10.9 Å². The van der Waals surface area contributed by atoms with Gasteiger partial charge >= 0.3 is 0 Å². The first-order chi connectivity index (χ1) is 3.31. The molecule has 0 aliphatic heterocycles. The molecule has 0 amide bonds. The minimum absolute atomic E-state index is 0.0208. The SMILES string of the molecule is NN(N[O-])ON=O. The lowest BCUT2D eigenvalue weighted by atomic mass is 12.3. The molecule has 0 atom stereocenters. The van der Waals surface area contributed by atoms with E-state index < -0.39 is 0 Å². The number of rotatable bonds is 3. The number of hydrogen-bond donors (Lipinski definition) is 2. The summed E-state index contributed by atoms with van der Waals surface area (Å²) in [5, 5.41) is 11.1. The molecule has 7 heteroatoms. The van der Waals surface area contributed by atoms with Gasteiger partial charge in [0.05, 0.1) is 0 Å². The van der Waals surface area contributed by atoms with Gasteiger partial charge in [-0.05, 0) is 0 Å². The molecule has 0 bridgehead atoms. The second-order valence-corrected chi connectivity index (χ2v) is 0.573. The van der Waals surface area contributed by atoms with Gasteiger partial charge < -0.3 is 5.21 Å². The zero-order valence-electron chi connectivity index (χ0n) is 3.20. The molecule has 7 nitrogen and oxygen atoms in total. The summed E-state index contributed by atoms with van der Waals surface area (Å²) in [5.41, 5.74) is 1.01. The Bertz CT molecular complexity index is 52.9. The van der Waals surface area contributed by atoms with Crippen LogP contribution in [0.25, 0.3) is 0 Å². The van der Waals surface area contributed by atoms with E-state index in [-0.39, 0.29) is 5.28 Å². The van der Waals surface area contributed by atoms with Crippen LogP contribution in [0, 0.1) is 10.1 Å². The maximum absolute atomic E-state index is 9.25. The van der Waals surface area contributed by atoms with Crippen molar-refractivity contribution in [2.24, 2.45) is 11.2 Å². The normalized spacial score (nSPS) is 9.00. The molecule has 0 heterocycles. The number of nitrogens with two attached hydrogens (primary N) is 1. The van der Waals surface area contributed by atoms with Crippen molar-refractivity contribution in [3.05, 3.63) is 10.1 Å². The summed E-state index contributed by atoms with van der Waals surface area (Å²) in [5.74, 6) is 4.48. The summed E-state index contributed by atoms with van der Waals surface area (Å²) in [4.78, 5) is 12.4. The molecule has 42 valence electrons. The van der Waals surface area contributed by atoms with Crippen LogP contribution in [-0.2, 0) is 4.94 Å². The van der Waals surface area contributed by atoms with E-state index in [0.29, 0.717) is 0 Å². The lowest BCUT2D eigenvalue weighted by Crippen LogP contribution is -2.38. The molecule has 0 aliphatic carbocycles. The Hall–Kier alpha value is -0.760. The van der Waals surface area contributed by atoms with Crippen molar-refractivity contribution in [2.45, 2.75) is 0 Å². The number of hydrogen-bond acceptors (Lipinski definition) is 7. The van der Waals surface area contributed by atoms with Crippen molar-refractivity contribution >= 4 is 0 Å². The summed E-state index contributed by atoms with van der Waals surface area (Å²) in [6.07, 6.45) is 0. The topological polar surface area (TPSA) is 103 Å². The Balaban J connectivity index is 2.98. The highest BCUT2D eigenvalue weighted by molar-refractivity contribution is 4.17. The predicted molar refractivity (Wildman–Crippen MR) is 19.4 cm³/mol. The highest BCUT2D eigenvalue weighted by atomic mass is 16.9. The second kappa shape index (κ2) is 3.43. The van der Waals surface area contributed by atoms with E-state index in [1.165, 1.54) is 0 Å². The van der Waals surface area contributed by atoms with Crippen molar-refractivity contribution in [1.29, 1.82) is 0 Å². The fraction of sp³-hybridized carbons (Fsp3) is 0. The van der Waals surface area contributed by atoms with E-state index in [1.54, 1.807) is 5.34 Å². The summed E-state index contributed by atoms with van der Waals surface area (Å²) in [6.45, 7) is 0. The van der Waals surface area contributed by atoms with E-state index in [0.717, 1.165) is 5.59 Å². The highest BCUT2D eigenvalue weighted by Gasteiger charge is 1.83. The van der Waals surface area contributed by atoms with Crippen molar-refractivity contribution in [3.63, 3.8) is 0 Å². The van der Waals surface area contributed by atoms with Gasteiger partial charge in [-0.2, -0.15) is 0 Å². The molecule has 0 unspecified atom stereocenters. The molecule has 0 aromatic heterocycles. The van der Waals surface area contributed by atoms with Gasteiger partial charge in [-0.25, -0.2) is 10.8 Å². The highest BCUT2D eigenvalue weighted by Crippen LogP contribution is 1.69. The lowest BCUT2D eigenvalue weighted by Gasteiger charge is -2.12. The fourth-order valence-electron chi connectivity index (χ4n) is 0.0526. The van der Waals surface area contributed by atoms with Gasteiger partial charge in [0.25, 0.3) is 0 Å². The number of nitrogens with one attached hydrogen (secondary N) is 1. The number of nitrogens with zero attached hydrogens (tertiary/aromatic N) is 2. The van der Waals surface area contributed by atoms with Gasteiger partial charge in [0.2, 0.25) is 0 Å². The predicted octanol–water partition coefficient (Wildman–Crippen LogP) is -1.22. The largest absolute Gasteiger partial charge is 0.771 e. The Morgan fingerprint density at radius 3 is 2.71 bits per heavy atom. The average molecular weight is 107 g/mol. The molecule has 7 heavy (non-hydrogen) atoms. The first-order valence-electron chi connectivity index (χ1n) is 1.23. The second-order valence-electron chi connectivity index (χ2n) is 0.573. The summed E-state index contributed by atoms with van der Waals surface area (Å²) < 4.78 is 0. The molecule has 0 fully saturated rings. The molecule has 3 N–H and O–H groups in total. The first kappa shape index (κ1) is 6.24. The smallest absolute Gasteiger partial charge is 0.179 e. The third kappa shape index (κ3) is 3.06. The molecule has 0 rings (SSSR count). The van der Waals surface area contributed by atoms with Gasteiger partial charge in [0.15, 0.2) is 5.34 Å². The maximum Gasteiger partial charge on any atom is 0.179 e. The minimum atomic E-state index is 0.0208. The molecule has 0 aromatic rings. The van der Waals surface area contributed by atoms with Crippen molar-refractivity contribution in [2.75, 3.05) is 0 Å². The van der Waals surface area contributed by atoms with Crippen molar-refractivity contribution < 1.29 is 4.94 Å². The van der Waals surface area contributed by atoms with Gasteiger partial charge in [0.1, 0.15) is 0 Å². The van der Waals surface area contributed by atoms with Crippen LogP contribution in [0.15, 0.2) is 5.34 Å². The molecule has 0 spiro atoms. The minimum Gasteiger partial charge on any atom is -0.771 e. The number of hydrazine groups is 2. The van der Waals surface area contributed by atoms with Crippen LogP contribution in [0.2, 0.25) is 0 Å². The van der Waals surface area contributed by atoms with Gasteiger partial charge in [0, 0.05) is 5.28 Å². The van der Waals surface area contributed by atoms with E-state index in [9.17, 15) is 5.21 Å². The third-order valence-electron chi connectivity index (χ3n) is 0.211. The molecule has 0 aliphatic rings. The monoisotopic (exact) mass is 107 g/mol. The van der Waals surface area contributed by atoms with Gasteiger partial charge in [-0.1, -0.05) is 0 Å². The molecule has 0 saturated heterocycles. The van der Waals surface area contributed by atoms with Gasteiger partial charge in [-0.15, -0.1) is 4.91 Å². The van der Waals surface area contributed by atoms with Crippen LogP contribution >= 0.6 is 0 Å². The van der Waals surface area contributed by atoms with Crippen LogP contribution in [0.1, 0.15) is 0 Å². The molecule has 0 saturated carbocycles. The molecular formula is H3N4O3-. The van der Waals surface area contributed by atoms with Crippen molar-refractivity contribution in [3.8, 4) is 0 Å². The quantitative estimate of drug-likeness (QED) is 0.266. The molecule has 0 aromatic carbocycles. The summed E-state index contributed by atoms with van der Waals surface area (Å²) in [6, 6.07) is 0.